The van der Waals surface area contributed by atoms with E-state index in [0.717, 1.165) is 43.7 Å². The summed E-state index contributed by atoms with van der Waals surface area (Å²) in [4.78, 5) is 17.0. The van der Waals surface area contributed by atoms with Crippen LogP contribution in [0.2, 0.25) is 0 Å². The van der Waals surface area contributed by atoms with Gasteiger partial charge in [0.15, 0.2) is 0 Å². The average Bonchev–Trinajstić information content (AvgIpc) is 2.46. The van der Waals surface area contributed by atoms with E-state index in [9.17, 15) is 4.79 Å². The topological polar surface area (TPSA) is 35.6 Å². The van der Waals surface area contributed by atoms with Crippen LogP contribution in [0.5, 0.6) is 0 Å². The maximum atomic E-state index is 12.9. The highest BCUT2D eigenvalue weighted by molar-refractivity contribution is 6.00. The molecule has 0 saturated carbocycles. The van der Waals surface area contributed by atoms with Crippen molar-refractivity contribution in [1.29, 1.82) is 0 Å². The Hall–Kier alpha value is -1.55. The number of hydrogen-bond donors (Lipinski definition) is 1. The number of nitrogens with zero attached hydrogens (tertiary/aromatic N) is 2. The van der Waals surface area contributed by atoms with Crippen molar-refractivity contribution in [3.05, 3.63) is 29.3 Å². The van der Waals surface area contributed by atoms with Gasteiger partial charge in [-0.3, -0.25) is 4.79 Å². The molecule has 2 rings (SSSR count). The van der Waals surface area contributed by atoms with Crippen molar-refractivity contribution in [2.24, 2.45) is 0 Å². The highest BCUT2D eigenvalue weighted by atomic mass is 16.2. The van der Waals surface area contributed by atoms with Crippen molar-refractivity contribution < 1.29 is 4.79 Å². The van der Waals surface area contributed by atoms with Gasteiger partial charge in [-0.25, -0.2) is 0 Å². The summed E-state index contributed by atoms with van der Waals surface area (Å²) in [7, 11) is 4.08. The summed E-state index contributed by atoms with van der Waals surface area (Å²) in [6, 6.07) is 6.28. The molecule has 1 amide bonds. The molecule has 1 atom stereocenters. The second-order valence-corrected chi connectivity index (χ2v) is 6.07. The molecule has 1 aromatic rings. The number of aryl methyl sites for hydroxylation is 1. The zero-order valence-corrected chi connectivity index (χ0v) is 13.6. The first kappa shape index (κ1) is 15.8. The van der Waals surface area contributed by atoms with E-state index < -0.39 is 0 Å². The number of hydrogen-bond acceptors (Lipinski definition) is 3. The average molecular weight is 289 g/mol. The Morgan fingerprint density at radius 2 is 2.14 bits per heavy atom. The van der Waals surface area contributed by atoms with Gasteiger partial charge in [-0.1, -0.05) is 12.1 Å². The van der Waals surface area contributed by atoms with Gasteiger partial charge in [0.05, 0.1) is 11.3 Å². The summed E-state index contributed by atoms with van der Waals surface area (Å²) in [6.45, 7) is 6.73. The van der Waals surface area contributed by atoms with Crippen molar-refractivity contribution in [2.75, 3.05) is 39.0 Å². The fourth-order valence-corrected chi connectivity index (χ4v) is 3.12. The molecule has 1 N–H and O–H groups in total. The van der Waals surface area contributed by atoms with Crippen LogP contribution in [0.25, 0.3) is 0 Å². The SMILES string of the molecule is CCN(C(=O)c1cccc2c1NCCC2)C(C)CN(C)C. The van der Waals surface area contributed by atoms with Gasteiger partial charge >= 0.3 is 0 Å². The molecule has 116 valence electrons. The van der Waals surface area contributed by atoms with Gasteiger partial charge < -0.3 is 15.1 Å². The number of amides is 1. The molecular weight excluding hydrogens is 262 g/mol. The number of fused-ring (bicyclic) bond motifs is 1. The van der Waals surface area contributed by atoms with E-state index in [4.69, 9.17) is 0 Å². The first-order valence-electron chi connectivity index (χ1n) is 7.86. The van der Waals surface area contributed by atoms with Crippen LogP contribution in [-0.4, -0.2) is 55.5 Å². The van der Waals surface area contributed by atoms with Crippen molar-refractivity contribution in [1.82, 2.24) is 9.80 Å². The lowest BCUT2D eigenvalue weighted by molar-refractivity contribution is 0.0680. The Morgan fingerprint density at radius 1 is 1.38 bits per heavy atom. The highest BCUT2D eigenvalue weighted by Crippen LogP contribution is 2.27. The van der Waals surface area contributed by atoms with Crippen molar-refractivity contribution in [3.63, 3.8) is 0 Å². The van der Waals surface area contributed by atoms with Crippen LogP contribution in [0.3, 0.4) is 0 Å². The first-order chi connectivity index (χ1) is 10.0. The van der Waals surface area contributed by atoms with Gasteiger partial charge in [0.1, 0.15) is 0 Å². The molecule has 0 spiro atoms. The second kappa shape index (κ2) is 6.94. The van der Waals surface area contributed by atoms with E-state index in [-0.39, 0.29) is 11.9 Å². The molecular formula is C17H27N3O. The zero-order chi connectivity index (χ0) is 15.4. The third-order valence-corrected chi connectivity index (χ3v) is 4.07. The Labute approximate surface area is 128 Å². The van der Waals surface area contributed by atoms with Gasteiger partial charge in [-0.05, 0) is 52.4 Å². The lowest BCUT2D eigenvalue weighted by Crippen LogP contribution is -2.44. The van der Waals surface area contributed by atoms with Crippen LogP contribution in [0.1, 0.15) is 36.2 Å². The summed E-state index contributed by atoms with van der Waals surface area (Å²) >= 11 is 0. The number of para-hydroxylation sites is 1. The second-order valence-electron chi connectivity index (χ2n) is 6.07. The molecule has 0 radical (unpaired) electrons. The molecule has 1 heterocycles. The van der Waals surface area contributed by atoms with Crippen LogP contribution < -0.4 is 5.32 Å². The molecule has 0 saturated heterocycles. The number of likely N-dealkylation sites (N-methyl/N-ethyl adjacent to an activating group) is 2. The number of anilines is 1. The van der Waals surface area contributed by atoms with Crippen LogP contribution in [0.15, 0.2) is 18.2 Å². The van der Waals surface area contributed by atoms with Gasteiger partial charge in [-0.15, -0.1) is 0 Å². The Balaban J connectivity index is 2.25. The standard InChI is InChI=1S/C17H27N3O/c1-5-20(13(2)12-19(3)4)17(21)15-10-6-8-14-9-7-11-18-16(14)15/h6,8,10,13,18H,5,7,9,11-12H2,1-4H3. The molecule has 1 aromatic carbocycles. The smallest absolute Gasteiger partial charge is 0.256 e. The van der Waals surface area contributed by atoms with Crippen molar-refractivity contribution in [2.45, 2.75) is 32.7 Å². The fraction of sp³-hybridized carbons (Fsp3) is 0.588. The molecule has 1 aliphatic heterocycles. The summed E-state index contributed by atoms with van der Waals surface area (Å²) in [5.41, 5.74) is 3.13. The van der Waals surface area contributed by atoms with Gasteiger partial charge in [-0.2, -0.15) is 0 Å². The highest BCUT2D eigenvalue weighted by Gasteiger charge is 2.24. The predicted molar refractivity (Wildman–Crippen MR) is 88.0 cm³/mol. The minimum absolute atomic E-state index is 0.137. The van der Waals surface area contributed by atoms with Crippen LogP contribution >= 0.6 is 0 Å². The van der Waals surface area contributed by atoms with Crippen LogP contribution in [-0.2, 0) is 6.42 Å². The molecule has 0 bridgehead atoms. The van der Waals surface area contributed by atoms with E-state index in [2.05, 4.69) is 23.2 Å². The number of benzene rings is 1. The molecule has 1 unspecified atom stereocenters. The van der Waals surface area contributed by atoms with Gasteiger partial charge in [0, 0.05) is 25.7 Å². The number of carbonyl (C=O) groups excluding carboxylic acids is 1. The van der Waals surface area contributed by atoms with Gasteiger partial charge in [0.25, 0.3) is 5.91 Å². The molecule has 4 heteroatoms. The Morgan fingerprint density at radius 3 is 2.81 bits per heavy atom. The lowest BCUT2D eigenvalue weighted by Gasteiger charge is -2.31. The monoisotopic (exact) mass is 289 g/mol. The summed E-state index contributed by atoms with van der Waals surface area (Å²) in [5, 5.41) is 3.41. The molecule has 21 heavy (non-hydrogen) atoms. The zero-order valence-electron chi connectivity index (χ0n) is 13.6. The Kier molecular flexibility index (Phi) is 5.23. The first-order valence-corrected chi connectivity index (χ1v) is 7.86. The van der Waals surface area contributed by atoms with Crippen LogP contribution in [0, 0.1) is 0 Å². The quantitative estimate of drug-likeness (QED) is 0.904. The normalized spacial score (nSPS) is 15.3. The lowest BCUT2D eigenvalue weighted by atomic mass is 9.98. The maximum Gasteiger partial charge on any atom is 0.256 e. The van der Waals surface area contributed by atoms with Crippen molar-refractivity contribution >= 4 is 11.6 Å². The minimum atomic E-state index is 0.137. The number of nitrogens with one attached hydrogen (secondary N) is 1. The number of rotatable bonds is 5. The molecule has 0 fully saturated rings. The summed E-state index contributed by atoms with van der Waals surface area (Å²) in [6.07, 6.45) is 2.20. The van der Waals surface area contributed by atoms with E-state index >= 15 is 0 Å². The van der Waals surface area contributed by atoms with E-state index in [1.165, 1.54) is 5.56 Å². The summed E-state index contributed by atoms with van der Waals surface area (Å²) in [5.74, 6) is 0.137. The predicted octanol–water partition coefficient (Wildman–Crippen LogP) is 2.46. The van der Waals surface area contributed by atoms with E-state index in [1.54, 1.807) is 0 Å². The maximum absolute atomic E-state index is 12.9. The minimum Gasteiger partial charge on any atom is -0.384 e. The Bertz CT molecular complexity index is 499. The van der Waals surface area contributed by atoms with E-state index in [1.807, 2.05) is 38.1 Å². The van der Waals surface area contributed by atoms with Gasteiger partial charge in [0.2, 0.25) is 0 Å². The summed E-state index contributed by atoms with van der Waals surface area (Å²) < 4.78 is 0. The van der Waals surface area contributed by atoms with E-state index in [0.29, 0.717) is 0 Å². The number of carbonyl (C=O) groups is 1. The largest absolute Gasteiger partial charge is 0.384 e. The van der Waals surface area contributed by atoms with Crippen LogP contribution in [0.4, 0.5) is 5.69 Å². The third-order valence-electron chi connectivity index (χ3n) is 4.07. The molecule has 1 aliphatic rings. The van der Waals surface area contributed by atoms with Crippen molar-refractivity contribution in [3.8, 4) is 0 Å². The molecule has 0 aliphatic carbocycles. The fourth-order valence-electron chi connectivity index (χ4n) is 3.12. The third kappa shape index (κ3) is 3.56. The molecule has 4 nitrogen and oxygen atoms in total. The molecule has 0 aromatic heterocycles.